The first-order valence-electron chi connectivity index (χ1n) is 4.56. The van der Waals surface area contributed by atoms with Gasteiger partial charge in [0.1, 0.15) is 5.82 Å². The Morgan fingerprint density at radius 2 is 2.12 bits per heavy atom. The SMILES string of the molecule is O=C(NCC(O)C(=O)O)c1ccc(Cl)cc1F. The summed E-state index contributed by atoms with van der Waals surface area (Å²) in [6.07, 6.45) is -1.73. The number of nitrogens with one attached hydrogen (secondary N) is 1. The average Bonchev–Trinajstić information content (AvgIpc) is 2.25. The highest BCUT2D eigenvalue weighted by molar-refractivity contribution is 6.30. The van der Waals surface area contributed by atoms with Gasteiger partial charge in [0.25, 0.3) is 5.91 Å². The third-order valence-corrected chi connectivity index (χ3v) is 2.15. The molecule has 0 heterocycles. The van der Waals surface area contributed by atoms with Gasteiger partial charge in [0, 0.05) is 5.02 Å². The molecular formula is C10H9ClFNO4. The van der Waals surface area contributed by atoms with Crippen LogP contribution in [0.2, 0.25) is 5.02 Å². The summed E-state index contributed by atoms with van der Waals surface area (Å²) in [7, 11) is 0. The van der Waals surface area contributed by atoms with Crippen LogP contribution in [0, 0.1) is 5.82 Å². The summed E-state index contributed by atoms with van der Waals surface area (Å²) in [5, 5.41) is 19.5. The number of amides is 1. The van der Waals surface area contributed by atoms with E-state index >= 15 is 0 Å². The van der Waals surface area contributed by atoms with E-state index in [2.05, 4.69) is 5.32 Å². The van der Waals surface area contributed by atoms with Crippen LogP contribution in [0.25, 0.3) is 0 Å². The van der Waals surface area contributed by atoms with Crippen LogP contribution in [0.5, 0.6) is 0 Å². The van der Waals surface area contributed by atoms with Crippen LogP contribution < -0.4 is 5.32 Å². The Morgan fingerprint density at radius 3 is 2.65 bits per heavy atom. The molecule has 92 valence electrons. The molecule has 0 bridgehead atoms. The van der Waals surface area contributed by atoms with Crippen molar-refractivity contribution in [2.75, 3.05) is 6.54 Å². The van der Waals surface area contributed by atoms with Gasteiger partial charge in [0.2, 0.25) is 0 Å². The van der Waals surface area contributed by atoms with Gasteiger partial charge in [-0.05, 0) is 18.2 Å². The molecule has 1 rings (SSSR count). The fraction of sp³-hybridized carbons (Fsp3) is 0.200. The minimum atomic E-state index is -1.73. The van der Waals surface area contributed by atoms with Crippen molar-refractivity contribution in [3.05, 3.63) is 34.6 Å². The maximum Gasteiger partial charge on any atom is 0.334 e. The molecule has 1 aromatic carbocycles. The molecule has 0 aromatic heterocycles. The summed E-state index contributed by atoms with van der Waals surface area (Å²) in [6.45, 7) is -0.504. The van der Waals surface area contributed by atoms with Gasteiger partial charge in [-0.25, -0.2) is 9.18 Å². The van der Waals surface area contributed by atoms with Crippen molar-refractivity contribution < 1.29 is 24.2 Å². The van der Waals surface area contributed by atoms with Gasteiger partial charge in [-0.15, -0.1) is 0 Å². The largest absolute Gasteiger partial charge is 0.479 e. The van der Waals surface area contributed by atoms with Gasteiger partial charge in [0.15, 0.2) is 6.10 Å². The third kappa shape index (κ3) is 3.69. The lowest BCUT2D eigenvalue weighted by Crippen LogP contribution is -2.36. The second-order valence-corrected chi connectivity index (χ2v) is 3.62. The van der Waals surface area contributed by atoms with E-state index in [9.17, 15) is 14.0 Å². The quantitative estimate of drug-likeness (QED) is 0.743. The Kier molecular flexibility index (Phi) is 4.42. The number of hydrogen-bond donors (Lipinski definition) is 3. The molecule has 0 aliphatic carbocycles. The molecule has 0 saturated heterocycles. The predicted molar refractivity (Wildman–Crippen MR) is 57.4 cm³/mol. The van der Waals surface area contributed by atoms with Gasteiger partial charge in [-0.1, -0.05) is 11.6 Å². The Balaban J connectivity index is 2.67. The number of carbonyl (C=O) groups is 2. The van der Waals surface area contributed by atoms with E-state index < -0.39 is 30.3 Å². The Hall–Kier alpha value is -1.66. The first kappa shape index (κ1) is 13.4. The number of carboxylic acids is 1. The molecule has 3 N–H and O–H groups in total. The highest BCUT2D eigenvalue weighted by Crippen LogP contribution is 2.14. The first-order valence-corrected chi connectivity index (χ1v) is 4.93. The van der Waals surface area contributed by atoms with Crippen LogP contribution in [0.3, 0.4) is 0 Å². The first-order chi connectivity index (χ1) is 7.91. The van der Waals surface area contributed by atoms with Crippen molar-refractivity contribution in [2.45, 2.75) is 6.10 Å². The maximum absolute atomic E-state index is 13.3. The molecule has 0 fully saturated rings. The summed E-state index contributed by atoms with van der Waals surface area (Å²) < 4.78 is 13.3. The number of carbonyl (C=O) groups excluding carboxylic acids is 1. The second-order valence-electron chi connectivity index (χ2n) is 3.19. The number of aliphatic hydroxyl groups excluding tert-OH is 1. The molecule has 17 heavy (non-hydrogen) atoms. The molecule has 1 atom stereocenters. The predicted octanol–water partition coefficient (Wildman–Crippen LogP) is 0.654. The number of aliphatic hydroxyl groups is 1. The van der Waals surface area contributed by atoms with Crippen LogP contribution in [0.4, 0.5) is 4.39 Å². The van der Waals surface area contributed by atoms with E-state index in [1.807, 2.05) is 0 Å². The van der Waals surface area contributed by atoms with Crippen molar-refractivity contribution in [2.24, 2.45) is 0 Å². The van der Waals surface area contributed by atoms with Crippen molar-refractivity contribution in [1.29, 1.82) is 0 Å². The Morgan fingerprint density at radius 1 is 1.47 bits per heavy atom. The summed E-state index contributed by atoms with van der Waals surface area (Å²) >= 11 is 5.50. The number of hydrogen-bond acceptors (Lipinski definition) is 3. The van der Waals surface area contributed by atoms with E-state index in [0.29, 0.717) is 0 Å². The molecule has 1 amide bonds. The highest BCUT2D eigenvalue weighted by atomic mass is 35.5. The minimum absolute atomic E-state index is 0.143. The number of carboxylic acid groups (broad SMARTS) is 1. The Bertz CT molecular complexity index is 452. The Labute approximate surface area is 101 Å². The standard InChI is InChI=1S/C10H9ClFNO4/c11-5-1-2-6(7(12)3-5)9(15)13-4-8(14)10(16)17/h1-3,8,14H,4H2,(H,13,15)(H,16,17). The summed E-state index contributed by atoms with van der Waals surface area (Å²) in [6, 6.07) is 3.46. The molecule has 0 spiro atoms. The number of halogens is 2. The number of aliphatic carboxylic acids is 1. The molecule has 0 radical (unpaired) electrons. The third-order valence-electron chi connectivity index (χ3n) is 1.92. The van der Waals surface area contributed by atoms with Crippen LogP contribution >= 0.6 is 11.6 Å². The molecule has 1 unspecified atom stereocenters. The van der Waals surface area contributed by atoms with Crippen LogP contribution in [-0.4, -0.2) is 34.7 Å². The molecule has 1 aromatic rings. The van der Waals surface area contributed by atoms with Gasteiger partial charge in [0.05, 0.1) is 12.1 Å². The molecule has 0 aliphatic heterocycles. The average molecular weight is 262 g/mol. The van der Waals surface area contributed by atoms with Crippen molar-refractivity contribution in [3.63, 3.8) is 0 Å². The molecule has 7 heteroatoms. The van der Waals surface area contributed by atoms with E-state index in [1.165, 1.54) is 12.1 Å². The summed E-state index contributed by atoms with van der Waals surface area (Å²) in [5.41, 5.74) is -0.271. The lowest BCUT2D eigenvalue weighted by Gasteiger charge is -2.08. The van der Waals surface area contributed by atoms with Crippen molar-refractivity contribution in [3.8, 4) is 0 Å². The molecule has 5 nitrogen and oxygen atoms in total. The monoisotopic (exact) mass is 261 g/mol. The van der Waals surface area contributed by atoms with Gasteiger partial charge in [-0.3, -0.25) is 4.79 Å². The lowest BCUT2D eigenvalue weighted by atomic mass is 10.2. The zero-order valence-electron chi connectivity index (χ0n) is 8.48. The van der Waals surface area contributed by atoms with Crippen molar-refractivity contribution in [1.82, 2.24) is 5.32 Å². The molecule has 0 saturated carbocycles. The summed E-state index contributed by atoms with van der Waals surface area (Å²) in [5.74, 6) is -3.11. The highest BCUT2D eigenvalue weighted by Gasteiger charge is 2.16. The molecular weight excluding hydrogens is 253 g/mol. The number of benzene rings is 1. The maximum atomic E-state index is 13.3. The van der Waals surface area contributed by atoms with E-state index in [4.69, 9.17) is 21.8 Å². The van der Waals surface area contributed by atoms with Crippen LogP contribution in [0.1, 0.15) is 10.4 Å². The van der Waals surface area contributed by atoms with Gasteiger partial charge >= 0.3 is 5.97 Å². The lowest BCUT2D eigenvalue weighted by molar-refractivity contribution is -0.146. The fourth-order valence-electron chi connectivity index (χ4n) is 1.05. The van der Waals surface area contributed by atoms with Crippen molar-refractivity contribution >= 4 is 23.5 Å². The summed E-state index contributed by atoms with van der Waals surface area (Å²) in [4.78, 5) is 21.7. The zero-order valence-corrected chi connectivity index (χ0v) is 9.24. The van der Waals surface area contributed by atoms with E-state index in [1.54, 1.807) is 0 Å². The smallest absolute Gasteiger partial charge is 0.334 e. The van der Waals surface area contributed by atoms with E-state index in [-0.39, 0.29) is 10.6 Å². The molecule has 0 aliphatic rings. The normalized spacial score (nSPS) is 11.9. The van der Waals surface area contributed by atoms with Gasteiger partial charge in [-0.2, -0.15) is 0 Å². The van der Waals surface area contributed by atoms with E-state index in [0.717, 1.165) is 6.07 Å². The van der Waals surface area contributed by atoms with Crippen LogP contribution in [-0.2, 0) is 4.79 Å². The zero-order chi connectivity index (χ0) is 13.0. The van der Waals surface area contributed by atoms with Crippen LogP contribution in [0.15, 0.2) is 18.2 Å². The number of rotatable bonds is 4. The topological polar surface area (TPSA) is 86.6 Å². The minimum Gasteiger partial charge on any atom is -0.479 e. The second kappa shape index (κ2) is 5.60. The fourth-order valence-corrected chi connectivity index (χ4v) is 1.20. The van der Waals surface area contributed by atoms with Gasteiger partial charge < -0.3 is 15.5 Å².